The molecule has 0 N–H and O–H groups in total. The zero-order valence-corrected chi connectivity index (χ0v) is 27.7. The Morgan fingerprint density at radius 2 is 1.16 bits per heavy atom. The van der Waals surface area contributed by atoms with Crippen molar-refractivity contribution >= 4 is 77.9 Å². The third-order valence-corrected chi connectivity index (χ3v) is 10.7. The summed E-state index contributed by atoms with van der Waals surface area (Å²) in [6.45, 7) is 8.36. The molecule has 1 aliphatic rings. The number of benzene rings is 7. The first-order valence-corrected chi connectivity index (χ1v) is 16.8. The molecule has 0 atom stereocenters. The number of nitrogens with zero attached hydrogens (tertiary/aromatic N) is 1. The van der Waals surface area contributed by atoms with Crippen LogP contribution in [0.25, 0.3) is 87.9 Å². The average Bonchev–Trinajstić information content (AvgIpc) is 3.78. The van der Waals surface area contributed by atoms with Gasteiger partial charge < -0.3 is 18.1 Å². The van der Waals surface area contributed by atoms with Crippen molar-refractivity contribution in [1.82, 2.24) is 4.98 Å². The summed E-state index contributed by atoms with van der Waals surface area (Å²) in [6, 6.07) is 42.1. The van der Waals surface area contributed by atoms with E-state index in [-0.39, 0.29) is 0 Å². The van der Waals surface area contributed by atoms with E-state index in [9.17, 15) is 0 Å². The number of aromatic nitrogens is 1. The molecule has 0 amide bonds. The van der Waals surface area contributed by atoms with Crippen molar-refractivity contribution in [2.75, 3.05) is 0 Å². The second-order valence-electron chi connectivity index (χ2n) is 14.2. The number of fused-ring (bicyclic) bond motifs is 9. The Labute approximate surface area is 283 Å². The predicted octanol–water partition coefficient (Wildman–Crippen LogP) is 10.8. The molecule has 10 rings (SSSR count). The molecule has 0 unspecified atom stereocenters. The topological polar surface area (TPSA) is 57.6 Å². The lowest BCUT2D eigenvalue weighted by Crippen LogP contribution is -2.41. The molecule has 7 aromatic carbocycles. The molecule has 0 aliphatic carbocycles. The van der Waals surface area contributed by atoms with Crippen molar-refractivity contribution in [3.05, 3.63) is 121 Å². The molecule has 5 nitrogen and oxygen atoms in total. The minimum atomic E-state index is -0.598. The van der Waals surface area contributed by atoms with Crippen molar-refractivity contribution in [3.63, 3.8) is 0 Å². The van der Waals surface area contributed by atoms with Crippen LogP contribution >= 0.6 is 0 Å². The Kier molecular flexibility index (Phi) is 5.86. The van der Waals surface area contributed by atoms with Gasteiger partial charge in [-0.15, -0.1) is 0 Å². The minimum Gasteiger partial charge on any atom is -0.455 e. The average molecular weight is 638 g/mol. The van der Waals surface area contributed by atoms with Crippen LogP contribution < -0.4 is 5.46 Å². The molecule has 1 saturated heterocycles. The summed E-state index contributed by atoms with van der Waals surface area (Å²) in [5, 5.41) is 8.56. The van der Waals surface area contributed by atoms with Crippen molar-refractivity contribution in [2.24, 2.45) is 0 Å². The summed E-state index contributed by atoms with van der Waals surface area (Å²) in [5.41, 5.74) is 5.94. The van der Waals surface area contributed by atoms with E-state index >= 15 is 0 Å². The van der Waals surface area contributed by atoms with Crippen LogP contribution in [-0.4, -0.2) is 23.3 Å². The second kappa shape index (κ2) is 10.0. The van der Waals surface area contributed by atoms with Crippen LogP contribution in [0.3, 0.4) is 0 Å². The summed E-state index contributed by atoms with van der Waals surface area (Å²) in [4.78, 5) is 5.24. The fourth-order valence-corrected chi connectivity index (χ4v) is 7.46. The van der Waals surface area contributed by atoms with Gasteiger partial charge in [-0.25, -0.2) is 4.98 Å². The van der Waals surface area contributed by atoms with Gasteiger partial charge in [0, 0.05) is 32.7 Å². The van der Waals surface area contributed by atoms with Crippen LogP contribution in [0.5, 0.6) is 0 Å². The maximum atomic E-state index is 6.80. The fraction of sp³-hybridized carbons (Fsp3) is 0.140. The molecule has 236 valence electrons. The van der Waals surface area contributed by atoms with Crippen LogP contribution in [0.2, 0.25) is 0 Å². The first-order chi connectivity index (χ1) is 23.8. The molecule has 0 bridgehead atoms. The summed E-state index contributed by atoms with van der Waals surface area (Å²) in [5.74, 6) is 0.590. The highest BCUT2D eigenvalue weighted by molar-refractivity contribution is 6.66. The molecule has 0 saturated carbocycles. The normalized spacial score (nSPS) is 15.9. The van der Waals surface area contributed by atoms with Crippen LogP contribution in [0.15, 0.2) is 130 Å². The highest BCUT2D eigenvalue weighted by Gasteiger charge is 2.52. The number of hydrogen-bond acceptors (Lipinski definition) is 5. The molecule has 0 spiro atoms. The minimum absolute atomic E-state index is 0.512. The Hall–Kier alpha value is -5.43. The van der Waals surface area contributed by atoms with Crippen molar-refractivity contribution < 1.29 is 18.1 Å². The first kappa shape index (κ1) is 28.6. The third kappa shape index (κ3) is 4.17. The van der Waals surface area contributed by atoms with Gasteiger partial charge in [-0.1, -0.05) is 97.1 Å². The molecule has 2 aromatic heterocycles. The SMILES string of the molecule is CC1(C)OB(c2cc(-c3cc4ccccc4c4oc(-c5cccc6ccccc56)nc34)cc3oc4c5ccccc5ccc4c23)OC1(C)C. The molecule has 1 aliphatic heterocycles. The van der Waals surface area contributed by atoms with Gasteiger partial charge >= 0.3 is 7.12 Å². The van der Waals surface area contributed by atoms with Gasteiger partial charge in [0.15, 0.2) is 5.58 Å². The monoisotopic (exact) mass is 637 g/mol. The van der Waals surface area contributed by atoms with E-state index in [4.69, 9.17) is 23.1 Å². The van der Waals surface area contributed by atoms with Gasteiger partial charge in [0.1, 0.15) is 16.7 Å². The largest absolute Gasteiger partial charge is 0.495 e. The lowest BCUT2D eigenvalue weighted by Gasteiger charge is -2.32. The molecule has 6 heteroatoms. The van der Waals surface area contributed by atoms with Crippen LogP contribution in [0.1, 0.15) is 27.7 Å². The highest BCUT2D eigenvalue weighted by Crippen LogP contribution is 2.43. The van der Waals surface area contributed by atoms with E-state index in [0.29, 0.717) is 5.89 Å². The summed E-state index contributed by atoms with van der Waals surface area (Å²) < 4.78 is 27.0. The van der Waals surface area contributed by atoms with Crippen molar-refractivity contribution in [1.29, 1.82) is 0 Å². The quantitative estimate of drug-likeness (QED) is 0.181. The maximum Gasteiger partial charge on any atom is 0.495 e. The van der Waals surface area contributed by atoms with Crippen molar-refractivity contribution in [3.8, 4) is 22.6 Å². The molecule has 9 aromatic rings. The Balaban J connectivity index is 1.28. The Bertz CT molecular complexity index is 2790. The maximum absolute atomic E-state index is 6.80. The number of furan rings is 1. The number of oxazole rings is 1. The molecular weight excluding hydrogens is 605 g/mol. The summed E-state index contributed by atoms with van der Waals surface area (Å²) in [7, 11) is -0.598. The lowest BCUT2D eigenvalue weighted by atomic mass is 9.75. The van der Waals surface area contributed by atoms with Crippen LogP contribution in [-0.2, 0) is 9.31 Å². The van der Waals surface area contributed by atoms with Gasteiger partial charge in [-0.2, -0.15) is 0 Å². The van der Waals surface area contributed by atoms with Gasteiger partial charge in [-0.05, 0) is 84.5 Å². The molecule has 49 heavy (non-hydrogen) atoms. The second-order valence-corrected chi connectivity index (χ2v) is 14.2. The van der Waals surface area contributed by atoms with E-state index in [1.807, 2.05) is 6.07 Å². The zero-order chi connectivity index (χ0) is 33.1. The standard InChI is InChI=1S/C43H32BNO4/c1-42(2)43(3,4)49-44(48-42)35-23-28(24-36-37(35)33-21-20-26-13-6-9-17-30(26)39(33)46-36)34-22-27-14-7-10-18-31(27)40-38(34)45-41(47-40)32-19-11-15-25-12-5-8-16-29(25)32/h5-24H,1-4H3. The smallest absolute Gasteiger partial charge is 0.455 e. The van der Waals surface area contributed by atoms with Gasteiger partial charge in [0.25, 0.3) is 0 Å². The number of hydrogen-bond donors (Lipinski definition) is 0. The fourth-order valence-electron chi connectivity index (χ4n) is 7.46. The van der Waals surface area contributed by atoms with Crippen LogP contribution in [0, 0.1) is 0 Å². The summed E-state index contributed by atoms with van der Waals surface area (Å²) >= 11 is 0. The first-order valence-electron chi connectivity index (χ1n) is 16.8. The van der Waals surface area contributed by atoms with E-state index in [1.54, 1.807) is 0 Å². The van der Waals surface area contributed by atoms with E-state index in [0.717, 1.165) is 87.5 Å². The van der Waals surface area contributed by atoms with Crippen LogP contribution in [0.4, 0.5) is 0 Å². The predicted molar refractivity (Wildman–Crippen MR) is 200 cm³/mol. The molecule has 3 heterocycles. The molecule has 0 radical (unpaired) electrons. The number of rotatable bonds is 3. The molecule has 1 fully saturated rings. The highest BCUT2D eigenvalue weighted by atomic mass is 16.7. The lowest BCUT2D eigenvalue weighted by molar-refractivity contribution is 0.00578. The Morgan fingerprint density at radius 1 is 0.531 bits per heavy atom. The van der Waals surface area contributed by atoms with E-state index < -0.39 is 18.3 Å². The van der Waals surface area contributed by atoms with Gasteiger partial charge in [0.2, 0.25) is 5.89 Å². The van der Waals surface area contributed by atoms with E-state index in [2.05, 4.69) is 143 Å². The zero-order valence-electron chi connectivity index (χ0n) is 27.7. The van der Waals surface area contributed by atoms with E-state index in [1.165, 1.54) is 0 Å². The van der Waals surface area contributed by atoms with Crippen molar-refractivity contribution in [2.45, 2.75) is 38.9 Å². The van der Waals surface area contributed by atoms with Gasteiger partial charge in [-0.3, -0.25) is 0 Å². The molecular formula is C43H32BNO4. The Morgan fingerprint density at radius 3 is 1.92 bits per heavy atom. The summed E-state index contributed by atoms with van der Waals surface area (Å²) in [6.07, 6.45) is 0. The third-order valence-electron chi connectivity index (χ3n) is 10.7. The van der Waals surface area contributed by atoms with Gasteiger partial charge in [0.05, 0.1) is 11.2 Å².